The maximum Gasteiger partial charge on any atom is 0.290 e. The second-order valence-electron chi connectivity index (χ2n) is 2.33. The van der Waals surface area contributed by atoms with Gasteiger partial charge in [0.05, 0.1) is 0 Å². The zero-order valence-electron chi connectivity index (χ0n) is 7.29. The Bertz CT molecular complexity index is 138. The molecule has 1 saturated heterocycles. The molecule has 6 nitrogen and oxygen atoms in total. The van der Waals surface area contributed by atoms with Crippen LogP contribution in [0.1, 0.15) is 0 Å². The van der Waals surface area contributed by atoms with Gasteiger partial charge in [-0.1, -0.05) is 0 Å². The fourth-order valence-corrected chi connectivity index (χ4v) is 0.833. The average molecular weight is 191 g/mol. The fourth-order valence-electron chi connectivity index (χ4n) is 0.833. The molecular weight excluding hydrogens is 178 g/mol. The molecule has 1 aliphatic heterocycles. The predicted molar refractivity (Wildman–Crippen MR) is 44.4 cm³/mol. The average Bonchev–Trinajstić information content (AvgIpc) is 2.02. The lowest BCUT2D eigenvalue weighted by molar-refractivity contribution is -0.123. The quantitative estimate of drug-likeness (QED) is 0.524. The lowest BCUT2D eigenvalue weighted by Crippen LogP contribution is -2.44. The van der Waals surface area contributed by atoms with Gasteiger partial charge in [-0.2, -0.15) is 0 Å². The SMILES string of the molecule is CN1CC(C=O)C1.O=CO.O=CO. The van der Waals surface area contributed by atoms with Crippen LogP contribution in [0, 0.1) is 5.92 Å². The Labute approximate surface area is 75.8 Å². The summed E-state index contributed by atoms with van der Waals surface area (Å²) < 4.78 is 0. The third-order valence-electron chi connectivity index (χ3n) is 1.28. The van der Waals surface area contributed by atoms with E-state index in [0.29, 0.717) is 5.92 Å². The van der Waals surface area contributed by atoms with Gasteiger partial charge in [-0.15, -0.1) is 0 Å². The summed E-state index contributed by atoms with van der Waals surface area (Å²) in [7, 11) is 2.01. The number of rotatable bonds is 1. The van der Waals surface area contributed by atoms with Gasteiger partial charge in [-0.3, -0.25) is 9.59 Å². The summed E-state index contributed by atoms with van der Waals surface area (Å²) in [6, 6.07) is 0. The summed E-state index contributed by atoms with van der Waals surface area (Å²) in [5.41, 5.74) is 0. The number of carbonyl (C=O) groups excluding carboxylic acids is 1. The molecule has 0 aromatic heterocycles. The van der Waals surface area contributed by atoms with Crippen molar-refractivity contribution >= 4 is 19.2 Å². The Hall–Kier alpha value is -1.43. The van der Waals surface area contributed by atoms with Crippen LogP contribution in [0.25, 0.3) is 0 Å². The molecular formula is C7H13NO5. The Morgan fingerprint density at radius 2 is 1.46 bits per heavy atom. The van der Waals surface area contributed by atoms with Gasteiger partial charge in [0, 0.05) is 19.0 Å². The molecule has 2 N–H and O–H groups in total. The molecule has 0 atom stereocenters. The van der Waals surface area contributed by atoms with Crippen molar-refractivity contribution in [2.75, 3.05) is 20.1 Å². The van der Waals surface area contributed by atoms with Crippen LogP contribution in [0.3, 0.4) is 0 Å². The fraction of sp³-hybridized carbons (Fsp3) is 0.571. The third-order valence-corrected chi connectivity index (χ3v) is 1.28. The van der Waals surface area contributed by atoms with Gasteiger partial charge in [0.25, 0.3) is 12.9 Å². The first-order valence-corrected chi connectivity index (χ1v) is 3.45. The van der Waals surface area contributed by atoms with Crippen LogP contribution < -0.4 is 0 Å². The van der Waals surface area contributed by atoms with Crippen molar-refractivity contribution in [3.63, 3.8) is 0 Å². The topological polar surface area (TPSA) is 94.9 Å². The Morgan fingerprint density at radius 3 is 1.54 bits per heavy atom. The van der Waals surface area contributed by atoms with Crippen LogP contribution in [0.5, 0.6) is 0 Å². The molecule has 0 spiro atoms. The van der Waals surface area contributed by atoms with E-state index < -0.39 is 0 Å². The van der Waals surface area contributed by atoms with Gasteiger partial charge in [0.15, 0.2) is 0 Å². The van der Waals surface area contributed by atoms with E-state index in [2.05, 4.69) is 4.90 Å². The smallest absolute Gasteiger partial charge is 0.290 e. The summed E-state index contributed by atoms with van der Waals surface area (Å²) >= 11 is 0. The summed E-state index contributed by atoms with van der Waals surface area (Å²) in [6.07, 6.45) is 1.03. The zero-order chi connectivity index (χ0) is 10.7. The predicted octanol–water partition coefficient (Wildman–Crippen LogP) is -0.851. The van der Waals surface area contributed by atoms with Crippen LogP contribution in [0.15, 0.2) is 0 Å². The number of carbonyl (C=O) groups is 3. The maximum atomic E-state index is 9.91. The molecule has 1 rings (SSSR count). The highest BCUT2D eigenvalue weighted by molar-refractivity contribution is 5.55. The van der Waals surface area contributed by atoms with Crippen LogP contribution in [0.4, 0.5) is 0 Å². The zero-order valence-corrected chi connectivity index (χ0v) is 7.29. The summed E-state index contributed by atoms with van der Waals surface area (Å²) in [4.78, 5) is 28.8. The number of hydrogen-bond acceptors (Lipinski definition) is 4. The monoisotopic (exact) mass is 191 g/mol. The molecule has 0 bridgehead atoms. The first-order chi connectivity index (χ1) is 6.15. The molecule has 6 heteroatoms. The van der Waals surface area contributed by atoms with E-state index in [9.17, 15) is 4.79 Å². The highest BCUT2D eigenvalue weighted by Gasteiger charge is 2.21. The van der Waals surface area contributed by atoms with Gasteiger partial charge in [-0.05, 0) is 7.05 Å². The van der Waals surface area contributed by atoms with E-state index >= 15 is 0 Å². The Kier molecular flexibility index (Phi) is 11.5. The lowest BCUT2D eigenvalue weighted by atomic mass is 10.0. The number of hydrogen-bond donors (Lipinski definition) is 2. The standard InChI is InChI=1S/C5H9NO.2CH2O2/c1-6-2-5(3-6)4-7;2*2-1-3/h4-5H,2-3H2,1H3;2*1H,(H,2,3). The van der Waals surface area contributed by atoms with Crippen molar-refractivity contribution in [2.24, 2.45) is 5.92 Å². The molecule has 0 radical (unpaired) electrons. The second kappa shape index (κ2) is 10.6. The number of carboxylic acid groups (broad SMARTS) is 2. The highest BCUT2D eigenvalue weighted by atomic mass is 16.3. The minimum Gasteiger partial charge on any atom is -0.483 e. The van der Waals surface area contributed by atoms with Gasteiger partial charge in [-0.25, -0.2) is 0 Å². The van der Waals surface area contributed by atoms with Gasteiger partial charge in [0.1, 0.15) is 6.29 Å². The van der Waals surface area contributed by atoms with E-state index in [1.54, 1.807) is 0 Å². The van der Waals surface area contributed by atoms with Crippen molar-refractivity contribution in [3.05, 3.63) is 0 Å². The van der Waals surface area contributed by atoms with E-state index in [1.165, 1.54) is 0 Å². The van der Waals surface area contributed by atoms with E-state index in [4.69, 9.17) is 19.8 Å². The van der Waals surface area contributed by atoms with Gasteiger partial charge < -0.3 is 19.9 Å². The van der Waals surface area contributed by atoms with Gasteiger partial charge in [0.2, 0.25) is 0 Å². The highest BCUT2D eigenvalue weighted by Crippen LogP contribution is 2.07. The normalized spacial score (nSPS) is 14.8. The van der Waals surface area contributed by atoms with E-state index in [0.717, 1.165) is 19.4 Å². The molecule has 0 unspecified atom stereocenters. The lowest BCUT2D eigenvalue weighted by Gasteiger charge is -2.31. The molecule has 0 amide bonds. The molecule has 76 valence electrons. The molecule has 0 aromatic rings. The van der Waals surface area contributed by atoms with Crippen molar-refractivity contribution < 1.29 is 24.6 Å². The van der Waals surface area contributed by atoms with Crippen LogP contribution in [-0.4, -0.2) is 54.5 Å². The number of aldehydes is 1. The molecule has 0 saturated carbocycles. The van der Waals surface area contributed by atoms with Gasteiger partial charge >= 0.3 is 0 Å². The number of likely N-dealkylation sites (tertiary alicyclic amines) is 1. The molecule has 0 aromatic carbocycles. The Balaban J connectivity index is 0. The van der Waals surface area contributed by atoms with Crippen LogP contribution in [0.2, 0.25) is 0 Å². The second-order valence-corrected chi connectivity index (χ2v) is 2.33. The largest absolute Gasteiger partial charge is 0.483 e. The first-order valence-electron chi connectivity index (χ1n) is 3.45. The molecule has 0 aliphatic carbocycles. The maximum absolute atomic E-state index is 9.91. The summed E-state index contributed by atoms with van der Waals surface area (Å²) in [5, 5.41) is 13.8. The van der Waals surface area contributed by atoms with Crippen molar-refractivity contribution in [1.29, 1.82) is 0 Å². The molecule has 13 heavy (non-hydrogen) atoms. The van der Waals surface area contributed by atoms with Crippen molar-refractivity contribution in [3.8, 4) is 0 Å². The molecule has 1 heterocycles. The van der Waals surface area contributed by atoms with E-state index in [-0.39, 0.29) is 12.9 Å². The number of nitrogens with zero attached hydrogens (tertiary/aromatic N) is 1. The van der Waals surface area contributed by atoms with Crippen LogP contribution >= 0.6 is 0 Å². The van der Waals surface area contributed by atoms with Crippen LogP contribution in [-0.2, 0) is 14.4 Å². The first kappa shape index (κ1) is 14.1. The van der Waals surface area contributed by atoms with Crippen molar-refractivity contribution in [1.82, 2.24) is 4.90 Å². The minimum absolute atomic E-state index is 0.250. The van der Waals surface area contributed by atoms with E-state index in [1.807, 2.05) is 7.05 Å². The Morgan fingerprint density at radius 1 is 1.15 bits per heavy atom. The molecule has 1 fully saturated rings. The third kappa shape index (κ3) is 10.6. The molecule has 1 aliphatic rings. The summed E-state index contributed by atoms with van der Waals surface area (Å²) in [5.74, 6) is 0.338. The van der Waals surface area contributed by atoms with Crippen molar-refractivity contribution in [2.45, 2.75) is 0 Å². The summed E-state index contributed by atoms with van der Waals surface area (Å²) in [6.45, 7) is 1.42. The minimum atomic E-state index is -0.250.